The fraction of sp³-hybridized carbons (Fsp3) is 0.455. The zero-order valence-corrected chi connectivity index (χ0v) is 11.8. The van der Waals surface area contributed by atoms with Gasteiger partial charge in [-0.05, 0) is 31.5 Å². The highest BCUT2D eigenvalue weighted by atomic mass is 35.5. The smallest absolute Gasteiger partial charge is 0.347 e. The van der Waals surface area contributed by atoms with E-state index < -0.39 is 12.7 Å². The third-order valence-electron chi connectivity index (χ3n) is 2.52. The summed E-state index contributed by atoms with van der Waals surface area (Å²) in [6, 6.07) is 1.78. The largest absolute Gasteiger partial charge is 0.405 e. The number of halogens is 4. The minimum Gasteiger partial charge on any atom is -0.347 e. The molecule has 2 aromatic rings. The summed E-state index contributed by atoms with van der Waals surface area (Å²) in [5.41, 5.74) is 0. The Morgan fingerprint density at radius 3 is 2.63 bits per heavy atom. The van der Waals surface area contributed by atoms with E-state index in [1.807, 2.05) is 6.92 Å². The highest BCUT2D eigenvalue weighted by Crippen LogP contribution is 2.32. The molecule has 19 heavy (non-hydrogen) atoms. The first-order valence-corrected chi connectivity index (χ1v) is 6.75. The van der Waals surface area contributed by atoms with E-state index >= 15 is 0 Å². The third kappa shape index (κ3) is 3.27. The van der Waals surface area contributed by atoms with Crippen LogP contribution < -0.4 is 4.90 Å². The first-order valence-electron chi connectivity index (χ1n) is 5.55. The van der Waals surface area contributed by atoms with Gasteiger partial charge in [0.25, 0.3) is 0 Å². The summed E-state index contributed by atoms with van der Waals surface area (Å²) in [5.74, 6) is 0.235. The van der Waals surface area contributed by atoms with E-state index in [4.69, 9.17) is 11.6 Å². The Kier molecular flexibility index (Phi) is 3.87. The van der Waals surface area contributed by atoms with Gasteiger partial charge in [-0.25, -0.2) is 4.98 Å². The highest BCUT2D eigenvalue weighted by molar-refractivity contribution is 7.18. The molecule has 0 spiro atoms. The van der Waals surface area contributed by atoms with Crippen molar-refractivity contribution in [3.8, 4) is 0 Å². The molecule has 0 saturated carbocycles. The van der Waals surface area contributed by atoms with E-state index in [2.05, 4.69) is 9.97 Å². The molecular weight excluding hydrogens is 299 g/mol. The van der Waals surface area contributed by atoms with Crippen molar-refractivity contribution in [1.29, 1.82) is 0 Å². The lowest BCUT2D eigenvalue weighted by molar-refractivity contribution is -0.119. The molecule has 2 rings (SSSR count). The molecule has 0 atom stereocenters. The van der Waals surface area contributed by atoms with E-state index in [9.17, 15) is 13.2 Å². The zero-order valence-electron chi connectivity index (χ0n) is 10.3. The average molecular weight is 310 g/mol. The quantitative estimate of drug-likeness (QED) is 0.801. The number of thiophene rings is 1. The molecule has 0 unspecified atom stereocenters. The number of rotatable bonds is 3. The summed E-state index contributed by atoms with van der Waals surface area (Å²) < 4.78 is 37.7. The standard InChI is InChI=1S/C11H11ClF3N3S/c1-3-18(5-11(13,14)15)8-7-4-6(2)19-9(7)17-10(12)16-8/h4H,3,5H2,1-2H3. The van der Waals surface area contributed by atoms with Crippen molar-refractivity contribution in [3.05, 3.63) is 16.2 Å². The van der Waals surface area contributed by atoms with E-state index in [1.54, 1.807) is 13.0 Å². The third-order valence-corrected chi connectivity index (χ3v) is 3.63. The fourth-order valence-corrected chi connectivity index (χ4v) is 2.88. The number of alkyl halides is 3. The van der Waals surface area contributed by atoms with Crippen molar-refractivity contribution < 1.29 is 13.2 Å². The molecule has 104 valence electrons. The Labute approximate surface area is 117 Å². The van der Waals surface area contributed by atoms with Crippen molar-refractivity contribution in [3.63, 3.8) is 0 Å². The maximum absolute atomic E-state index is 12.6. The van der Waals surface area contributed by atoms with E-state index in [-0.39, 0.29) is 17.6 Å². The first kappa shape index (κ1) is 14.3. The summed E-state index contributed by atoms with van der Waals surface area (Å²) in [4.78, 5) is 10.7. The van der Waals surface area contributed by atoms with Crippen molar-refractivity contribution >= 4 is 39.0 Å². The van der Waals surface area contributed by atoms with Crippen molar-refractivity contribution in [2.24, 2.45) is 0 Å². The summed E-state index contributed by atoms with van der Waals surface area (Å²) in [6.45, 7) is 2.65. The molecule has 8 heteroatoms. The van der Waals surface area contributed by atoms with E-state index in [0.29, 0.717) is 10.2 Å². The van der Waals surface area contributed by atoms with Gasteiger partial charge in [-0.3, -0.25) is 0 Å². The Bertz CT molecular complexity index is 597. The number of fused-ring (bicyclic) bond motifs is 1. The van der Waals surface area contributed by atoms with Gasteiger partial charge in [-0.2, -0.15) is 18.2 Å². The van der Waals surface area contributed by atoms with Gasteiger partial charge in [0.1, 0.15) is 17.2 Å². The van der Waals surface area contributed by atoms with Gasteiger partial charge in [-0.1, -0.05) is 0 Å². The van der Waals surface area contributed by atoms with Crippen LogP contribution >= 0.6 is 22.9 Å². The Morgan fingerprint density at radius 1 is 1.37 bits per heavy atom. The van der Waals surface area contributed by atoms with Crippen LogP contribution in [0.3, 0.4) is 0 Å². The van der Waals surface area contributed by atoms with Gasteiger partial charge in [0.05, 0.1) is 5.39 Å². The fourth-order valence-electron chi connectivity index (χ4n) is 1.80. The van der Waals surface area contributed by atoms with Gasteiger partial charge < -0.3 is 4.90 Å². The van der Waals surface area contributed by atoms with Crippen LogP contribution in [0, 0.1) is 6.92 Å². The number of hydrogen-bond donors (Lipinski definition) is 0. The van der Waals surface area contributed by atoms with Gasteiger partial charge in [-0.15, -0.1) is 11.3 Å². The van der Waals surface area contributed by atoms with Crippen molar-refractivity contribution in [1.82, 2.24) is 9.97 Å². The molecule has 2 aromatic heterocycles. The molecule has 2 heterocycles. The molecule has 0 aliphatic carbocycles. The van der Waals surface area contributed by atoms with Crippen LogP contribution in [0.2, 0.25) is 5.28 Å². The molecule has 0 aromatic carbocycles. The zero-order chi connectivity index (χ0) is 14.2. The number of anilines is 1. The molecule has 0 aliphatic heterocycles. The molecule has 3 nitrogen and oxygen atoms in total. The molecule has 0 fully saturated rings. The number of aromatic nitrogens is 2. The maximum atomic E-state index is 12.6. The number of hydrogen-bond acceptors (Lipinski definition) is 4. The van der Waals surface area contributed by atoms with Crippen LogP contribution in [0.15, 0.2) is 6.07 Å². The highest BCUT2D eigenvalue weighted by Gasteiger charge is 2.31. The van der Waals surface area contributed by atoms with Crippen LogP contribution in [0.25, 0.3) is 10.2 Å². The van der Waals surface area contributed by atoms with Gasteiger partial charge >= 0.3 is 6.18 Å². The van der Waals surface area contributed by atoms with Crippen LogP contribution in [0.1, 0.15) is 11.8 Å². The minimum atomic E-state index is -4.29. The predicted molar refractivity (Wildman–Crippen MR) is 71.1 cm³/mol. The second kappa shape index (κ2) is 5.13. The van der Waals surface area contributed by atoms with Crippen molar-refractivity contribution in [2.45, 2.75) is 20.0 Å². The second-order valence-electron chi connectivity index (χ2n) is 4.02. The summed E-state index contributed by atoms with van der Waals surface area (Å²) in [7, 11) is 0. The molecule has 0 aliphatic rings. The first-order chi connectivity index (χ1) is 8.80. The van der Waals surface area contributed by atoms with Gasteiger partial charge in [0.2, 0.25) is 5.28 Å². The summed E-state index contributed by atoms with van der Waals surface area (Å²) in [5, 5.41) is 0.572. The maximum Gasteiger partial charge on any atom is 0.405 e. The molecule has 0 saturated heterocycles. The minimum absolute atomic E-state index is 0.0371. The molecular formula is C11H11ClF3N3S. The lowest BCUT2D eigenvalue weighted by atomic mass is 10.3. The number of nitrogens with zero attached hydrogens (tertiary/aromatic N) is 3. The molecule has 0 amide bonds. The normalized spacial score (nSPS) is 12.1. The SMILES string of the molecule is CCN(CC(F)(F)F)c1nc(Cl)nc2sc(C)cc12. The summed E-state index contributed by atoms with van der Waals surface area (Å²) in [6.07, 6.45) is -4.29. The predicted octanol–water partition coefficient (Wildman–Crippen LogP) is 4.04. The summed E-state index contributed by atoms with van der Waals surface area (Å²) >= 11 is 7.16. The van der Waals surface area contributed by atoms with E-state index in [1.165, 1.54) is 11.3 Å². The van der Waals surface area contributed by atoms with Gasteiger partial charge in [0, 0.05) is 11.4 Å². The Hall–Kier alpha value is -1.08. The topological polar surface area (TPSA) is 29.0 Å². The Morgan fingerprint density at radius 2 is 2.05 bits per heavy atom. The second-order valence-corrected chi connectivity index (χ2v) is 5.59. The van der Waals surface area contributed by atoms with Crippen LogP contribution in [-0.4, -0.2) is 29.2 Å². The monoisotopic (exact) mass is 309 g/mol. The lowest BCUT2D eigenvalue weighted by Gasteiger charge is -2.23. The van der Waals surface area contributed by atoms with Gasteiger partial charge in [0.15, 0.2) is 0 Å². The van der Waals surface area contributed by atoms with Crippen LogP contribution in [-0.2, 0) is 0 Å². The van der Waals surface area contributed by atoms with Crippen LogP contribution in [0.4, 0.5) is 19.0 Å². The molecule has 0 radical (unpaired) electrons. The molecule has 0 N–H and O–H groups in total. The average Bonchev–Trinajstić information content (AvgIpc) is 2.63. The van der Waals surface area contributed by atoms with E-state index in [0.717, 1.165) is 9.78 Å². The lowest BCUT2D eigenvalue weighted by Crippen LogP contribution is -2.34. The Balaban J connectivity index is 2.52. The number of aryl methyl sites for hydroxylation is 1. The van der Waals surface area contributed by atoms with Crippen LogP contribution in [0.5, 0.6) is 0 Å². The molecule has 0 bridgehead atoms. The van der Waals surface area contributed by atoms with Crippen molar-refractivity contribution in [2.75, 3.05) is 18.0 Å².